The van der Waals surface area contributed by atoms with Crippen LogP contribution in [0.15, 0.2) is 36.5 Å². The molecule has 0 aliphatic carbocycles. The number of carboxylic acid groups (broad SMARTS) is 2. The Labute approximate surface area is 207 Å². The predicted octanol–water partition coefficient (Wildman–Crippen LogP) is 3.00. The maximum Gasteiger partial charge on any atom is 0.490 e. The quantitative estimate of drug-likeness (QED) is 0.570. The van der Waals surface area contributed by atoms with Crippen LogP contribution in [0.4, 0.5) is 26.3 Å². The number of imidazole rings is 1. The first-order valence-corrected chi connectivity index (χ1v) is 11.0. The van der Waals surface area contributed by atoms with Crippen LogP contribution in [0.1, 0.15) is 17.1 Å². The fourth-order valence-electron chi connectivity index (χ4n) is 3.40. The first-order valence-electron chi connectivity index (χ1n) is 11.0. The molecule has 9 nitrogen and oxygen atoms in total. The first kappa shape index (κ1) is 30.1. The number of hydrogen-bond acceptors (Lipinski definition) is 6. The van der Waals surface area contributed by atoms with Crippen molar-refractivity contribution in [2.24, 2.45) is 0 Å². The van der Waals surface area contributed by atoms with Crippen LogP contribution in [0.2, 0.25) is 0 Å². The molecule has 0 spiro atoms. The Kier molecular flexibility index (Phi) is 10.9. The van der Waals surface area contributed by atoms with Crippen molar-refractivity contribution in [2.75, 3.05) is 32.8 Å². The molecule has 1 fully saturated rings. The third-order valence-corrected chi connectivity index (χ3v) is 5.15. The van der Waals surface area contributed by atoms with E-state index in [1.807, 2.05) is 0 Å². The number of aromatic nitrogens is 2. The number of alkyl halides is 6. The number of aliphatic carboxylic acids is 2. The lowest BCUT2D eigenvalue weighted by atomic mass is 10.2. The van der Waals surface area contributed by atoms with E-state index in [0.29, 0.717) is 0 Å². The molecule has 0 amide bonds. The van der Waals surface area contributed by atoms with E-state index in [1.165, 1.54) is 17.1 Å². The van der Waals surface area contributed by atoms with Gasteiger partial charge in [-0.15, -0.1) is 0 Å². The molecular weight excluding hydrogens is 514 g/mol. The van der Waals surface area contributed by atoms with Gasteiger partial charge in [0.15, 0.2) is 0 Å². The van der Waals surface area contributed by atoms with Crippen LogP contribution in [0, 0.1) is 0 Å². The van der Waals surface area contributed by atoms with Crippen molar-refractivity contribution >= 4 is 11.9 Å². The predicted molar refractivity (Wildman–Crippen MR) is 116 cm³/mol. The zero-order valence-corrected chi connectivity index (χ0v) is 19.5. The summed E-state index contributed by atoms with van der Waals surface area (Å²) in [4.78, 5) is 27.6. The fourth-order valence-corrected chi connectivity index (χ4v) is 3.40. The van der Waals surface area contributed by atoms with Gasteiger partial charge in [0, 0.05) is 45.5 Å². The summed E-state index contributed by atoms with van der Waals surface area (Å²) in [6.45, 7) is 8.75. The third kappa shape index (κ3) is 10.8. The maximum absolute atomic E-state index is 10.6. The van der Waals surface area contributed by atoms with Crippen molar-refractivity contribution in [1.82, 2.24) is 19.4 Å². The highest BCUT2D eigenvalue weighted by molar-refractivity contribution is 5.73. The Balaban J connectivity index is 0.000000286. The summed E-state index contributed by atoms with van der Waals surface area (Å²) in [5.74, 6) is -4.31. The largest absolute Gasteiger partial charge is 0.490 e. The summed E-state index contributed by atoms with van der Waals surface area (Å²) in [6, 6.07) is 10.7. The van der Waals surface area contributed by atoms with Crippen molar-refractivity contribution in [3.05, 3.63) is 53.6 Å². The van der Waals surface area contributed by atoms with E-state index in [4.69, 9.17) is 29.5 Å². The number of fused-ring (bicyclic) bond motifs is 1. The number of carbonyl (C=O) groups is 2. The molecule has 2 aliphatic rings. The molecule has 3 heterocycles. The maximum atomic E-state index is 10.6. The number of carboxylic acids is 2. The normalized spacial score (nSPS) is 16.5. The van der Waals surface area contributed by atoms with Crippen molar-refractivity contribution in [1.29, 1.82) is 0 Å². The molecule has 1 saturated heterocycles. The van der Waals surface area contributed by atoms with E-state index in [2.05, 4.69) is 50.9 Å². The van der Waals surface area contributed by atoms with Gasteiger partial charge in [0.05, 0.1) is 25.5 Å². The summed E-state index contributed by atoms with van der Waals surface area (Å²) in [7, 11) is 0. The van der Waals surface area contributed by atoms with Crippen molar-refractivity contribution < 1.29 is 50.9 Å². The molecule has 0 atom stereocenters. The minimum absolute atomic E-state index is 0.846. The Hall–Kier alpha value is -3.17. The molecule has 0 bridgehead atoms. The van der Waals surface area contributed by atoms with Gasteiger partial charge in [-0.05, 0) is 5.56 Å². The molecule has 4 rings (SSSR count). The lowest BCUT2D eigenvalue weighted by Crippen LogP contribution is -2.35. The summed E-state index contributed by atoms with van der Waals surface area (Å²) >= 11 is 0. The Morgan fingerprint density at radius 2 is 1.38 bits per heavy atom. The lowest BCUT2D eigenvalue weighted by molar-refractivity contribution is -0.193. The molecule has 2 N–H and O–H groups in total. The molecule has 0 unspecified atom stereocenters. The molecule has 2 aromatic rings. The van der Waals surface area contributed by atoms with Gasteiger partial charge < -0.3 is 19.5 Å². The summed E-state index contributed by atoms with van der Waals surface area (Å²) in [6.07, 6.45) is -7.93. The van der Waals surface area contributed by atoms with Crippen LogP contribution in [-0.2, 0) is 40.5 Å². The SMILES string of the molecule is O=C(O)C(F)(F)F.O=C(O)C(F)(F)F.c1ccc(CN2CCn3cc(CN4CCOCC4)nc3C2)cc1. The number of benzene rings is 1. The standard InChI is InChI=1S/C18H24N4O.2C2HF3O2/c1-2-4-16(5-3-1)12-21-6-7-22-14-17(19-18(22)15-21)13-20-8-10-23-11-9-20;2*3-2(4,5)1(6)7/h1-5,14H,6-13,15H2;2*(H,6,7). The smallest absolute Gasteiger partial charge is 0.475 e. The van der Waals surface area contributed by atoms with Crippen molar-refractivity contribution in [2.45, 2.75) is 38.5 Å². The highest BCUT2D eigenvalue weighted by atomic mass is 19.4. The fraction of sp³-hybridized carbons (Fsp3) is 0.500. The zero-order chi connectivity index (χ0) is 27.6. The molecular formula is C22H26F6N4O5. The molecule has 1 aromatic carbocycles. The van der Waals surface area contributed by atoms with Gasteiger partial charge in [-0.2, -0.15) is 26.3 Å². The van der Waals surface area contributed by atoms with E-state index >= 15 is 0 Å². The summed E-state index contributed by atoms with van der Waals surface area (Å²) < 4.78 is 71.2. The molecule has 0 saturated carbocycles. The van der Waals surface area contributed by atoms with Gasteiger partial charge in [-0.3, -0.25) is 9.80 Å². The van der Waals surface area contributed by atoms with Crippen LogP contribution in [0.25, 0.3) is 0 Å². The molecule has 206 valence electrons. The van der Waals surface area contributed by atoms with Crippen LogP contribution < -0.4 is 0 Å². The average molecular weight is 540 g/mol. The van der Waals surface area contributed by atoms with Crippen molar-refractivity contribution in [3.63, 3.8) is 0 Å². The highest BCUT2D eigenvalue weighted by Crippen LogP contribution is 2.17. The van der Waals surface area contributed by atoms with E-state index in [-0.39, 0.29) is 0 Å². The summed E-state index contributed by atoms with van der Waals surface area (Å²) in [5.41, 5.74) is 2.57. The lowest BCUT2D eigenvalue weighted by Gasteiger charge is -2.27. The summed E-state index contributed by atoms with van der Waals surface area (Å²) in [5, 5.41) is 14.2. The Bertz CT molecular complexity index is 983. The number of halogens is 6. The topological polar surface area (TPSA) is 108 Å². The second kappa shape index (κ2) is 13.4. The molecule has 37 heavy (non-hydrogen) atoms. The van der Waals surface area contributed by atoms with E-state index in [1.54, 1.807) is 0 Å². The van der Waals surface area contributed by atoms with Crippen LogP contribution >= 0.6 is 0 Å². The number of ether oxygens (including phenoxy) is 1. The van der Waals surface area contributed by atoms with E-state index in [0.717, 1.165) is 59.0 Å². The second-order valence-corrected chi connectivity index (χ2v) is 8.03. The van der Waals surface area contributed by atoms with Crippen molar-refractivity contribution in [3.8, 4) is 0 Å². The molecule has 2 aliphatic heterocycles. The van der Waals surface area contributed by atoms with Gasteiger partial charge in [0.2, 0.25) is 0 Å². The van der Waals surface area contributed by atoms with Crippen LogP contribution in [0.3, 0.4) is 0 Å². The molecule has 15 heteroatoms. The molecule has 1 aromatic heterocycles. The van der Waals surface area contributed by atoms with Gasteiger partial charge in [-0.25, -0.2) is 14.6 Å². The number of nitrogens with zero attached hydrogens (tertiary/aromatic N) is 4. The number of morpholine rings is 1. The van der Waals surface area contributed by atoms with E-state index in [9.17, 15) is 26.3 Å². The number of hydrogen-bond donors (Lipinski definition) is 2. The average Bonchev–Trinajstić information content (AvgIpc) is 3.21. The second-order valence-electron chi connectivity index (χ2n) is 8.03. The van der Waals surface area contributed by atoms with Crippen LogP contribution in [-0.4, -0.2) is 86.7 Å². The Morgan fingerprint density at radius 3 is 1.89 bits per heavy atom. The Morgan fingerprint density at radius 1 is 0.838 bits per heavy atom. The third-order valence-electron chi connectivity index (χ3n) is 5.15. The highest BCUT2D eigenvalue weighted by Gasteiger charge is 2.38. The molecule has 0 radical (unpaired) electrons. The number of rotatable bonds is 4. The minimum atomic E-state index is -5.08. The zero-order valence-electron chi connectivity index (χ0n) is 19.5. The van der Waals surface area contributed by atoms with Gasteiger partial charge >= 0.3 is 24.3 Å². The van der Waals surface area contributed by atoms with Gasteiger partial charge in [0.25, 0.3) is 0 Å². The van der Waals surface area contributed by atoms with Gasteiger partial charge in [-0.1, -0.05) is 30.3 Å². The van der Waals surface area contributed by atoms with Gasteiger partial charge in [0.1, 0.15) is 5.82 Å². The minimum Gasteiger partial charge on any atom is -0.475 e. The van der Waals surface area contributed by atoms with Crippen LogP contribution in [0.5, 0.6) is 0 Å². The van der Waals surface area contributed by atoms with E-state index < -0.39 is 24.3 Å². The monoisotopic (exact) mass is 540 g/mol. The first-order chi connectivity index (χ1) is 17.3.